The molecule has 0 radical (unpaired) electrons. The molecule has 3 aromatic rings. The van der Waals surface area contributed by atoms with Crippen LogP contribution < -0.4 is 5.32 Å². The van der Waals surface area contributed by atoms with Crippen molar-refractivity contribution < 1.29 is 9.59 Å². The number of rotatable bonds is 2. The number of nitrogens with one attached hydrogen (secondary N) is 1. The normalized spacial score (nSPS) is 10.5. The van der Waals surface area contributed by atoms with E-state index in [0.717, 1.165) is 10.9 Å². The van der Waals surface area contributed by atoms with Gasteiger partial charge in [-0.25, -0.2) is 0 Å². The van der Waals surface area contributed by atoms with Crippen molar-refractivity contribution in [2.45, 2.75) is 6.92 Å². The third-order valence-electron chi connectivity index (χ3n) is 3.36. The molecule has 0 bridgehead atoms. The van der Waals surface area contributed by atoms with Crippen LogP contribution in [0.4, 0.5) is 5.69 Å². The fourth-order valence-electron chi connectivity index (χ4n) is 2.34. The number of aromatic nitrogens is 1. The lowest BCUT2D eigenvalue weighted by atomic mass is 10.2. The summed E-state index contributed by atoms with van der Waals surface area (Å²) in [5.41, 5.74) is 2.08. The van der Waals surface area contributed by atoms with E-state index in [4.69, 9.17) is 0 Å². The van der Waals surface area contributed by atoms with E-state index in [1.807, 2.05) is 42.5 Å². The number of carbonyl (C=O) groups excluding carboxylic acids is 2. The van der Waals surface area contributed by atoms with E-state index in [9.17, 15) is 9.59 Å². The maximum atomic E-state index is 12.2. The maximum absolute atomic E-state index is 12.2. The molecule has 0 fully saturated rings. The van der Waals surface area contributed by atoms with E-state index in [2.05, 4.69) is 5.32 Å². The van der Waals surface area contributed by atoms with Crippen molar-refractivity contribution in [1.29, 1.82) is 0 Å². The second-order valence-electron chi connectivity index (χ2n) is 4.76. The number of benzene rings is 2. The summed E-state index contributed by atoms with van der Waals surface area (Å²) in [5, 5.41) is 3.73. The molecule has 4 heteroatoms. The second kappa shape index (κ2) is 5.25. The van der Waals surface area contributed by atoms with Crippen LogP contribution in [0.5, 0.6) is 0 Å². The first-order valence-corrected chi connectivity index (χ1v) is 6.64. The van der Waals surface area contributed by atoms with E-state index < -0.39 is 0 Å². The van der Waals surface area contributed by atoms with Crippen molar-refractivity contribution in [2.24, 2.45) is 0 Å². The zero-order chi connectivity index (χ0) is 14.8. The van der Waals surface area contributed by atoms with Gasteiger partial charge in [-0.3, -0.25) is 14.2 Å². The van der Waals surface area contributed by atoms with Crippen LogP contribution in [0, 0.1) is 0 Å². The lowest BCUT2D eigenvalue weighted by Gasteiger charge is -2.07. The van der Waals surface area contributed by atoms with Gasteiger partial charge in [0.25, 0.3) is 5.91 Å². The van der Waals surface area contributed by atoms with E-state index in [-0.39, 0.29) is 11.8 Å². The standard InChI is InChI=1S/C17H14N2O2/c1-12(20)19-11-10-14-15(8-5-9-16(14)19)18-17(21)13-6-3-2-4-7-13/h2-11H,1H3,(H,18,21). The zero-order valence-electron chi connectivity index (χ0n) is 11.5. The molecule has 0 unspecified atom stereocenters. The molecule has 0 aliphatic heterocycles. The van der Waals surface area contributed by atoms with Gasteiger partial charge in [0.2, 0.25) is 5.91 Å². The van der Waals surface area contributed by atoms with Crippen LogP contribution in [0.15, 0.2) is 60.8 Å². The van der Waals surface area contributed by atoms with Crippen molar-refractivity contribution in [3.8, 4) is 0 Å². The summed E-state index contributed by atoms with van der Waals surface area (Å²) >= 11 is 0. The molecule has 2 aromatic carbocycles. The average molecular weight is 278 g/mol. The minimum Gasteiger partial charge on any atom is -0.321 e. The number of nitrogens with zero attached hydrogens (tertiary/aromatic N) is 1. The zero-order valence-corrected chi connectivity index (χ0v) is 11.5. The highest BCUT2D eigenvalue weighted by molar-refractivity contribution is 6.09. The molecule has 0 saturated heterocycles. The van der Waals surface area contributed by atoms with Gasteiger partial charge in [0, 0.05) is 24.1 Å². The molecule has 0 saturated carbocycles. The molecule has 1 heterocycles. The molecule has 0 spiro atoms. The molecule has 21 heavy (non-hydrogen) atoms. The van der Waals surface area contributed by atoms with Crippen molar-refractivity contribution in [2.75, 3.05) is 5.32 Å². The van der Waals surface area contributed by atoms with Crippen LogP contribution in [-0.2, 0) is 0 Å². The number of hydrogen-bond donors (Lipinski definition) is 1. The van der Waals surface area contributed by atoms with Gasteiger partial charge in [0.15, 0.2) is 0 Å². The van der Waals surface area contributed by atoms with Crippen LogP contribution in [0.3, 0.4) is 0 Å². The molecule has 0 aliphatic carbocycles. The summed E-state index contributed by atoms with van der Waals surface area (Å²) in [6.07, 6.45) is 1.71. The van der Waals surface area contributed by atoms with Gasteiger partial charge in [0.1, 0.15) is 0 Å². The molecule has 1 amide bonds. The Morgan fingerprint density at radius 2 is 1.71 bits per heavy atom. The Morgan fingerprint density at radius 3 is 2.43 bits per heavy atom. The van der Waals surface area contributed by atoms with Gasteiger partial charge < -0.3 is 5.32 Å². The Bertz CT molecular complexity index is 819. The second-order valence-corrected chi connectivity index (χ2v) is 4.76. The summed E-state index contributed by atoms with van der Waals surface area (Å²) in [5.74, 6) is -0.227. The Labute approximate surface area is 122 Å². The molecular formula is C17H14N2O2. The lowest BCUT2D eigenvalue weighted by Crippen LogP contribution is -2.12. The monoisotopic (exact) mass is 278 g/mol. The average Bonchev–Trinajstić information content (AvgIpc) is 2.93. The highest BCUT2D eigenvalue weighted by Gasteiger charge is 2.11. The summed E-state index contributed by atoms with van der Waals surface area (Å²) in [6.45, 7) is 1.51. The highest BCUT2D eigenvalue weighted by Crippen LogP contribution is 2.25. The Balaban J connectivity index is 1.98. The topological polar surface area (TPSA) is 51.1 Å². The largest absolute Gasteiger partial charge is 0.321 e. The van der Waals surface area contributed by atoms with Crippen molar-refractivity contribution in [3.63, 3.8) is 0 Å². The summed E-state index contributed by atoms with van der Waals surface area (Å²) < 4.78 is 1.56. The van der Waals surface area contributed by atoms with Gasteiger partial charge in [-0.1, -0.05) is 24.3 Å². The molecule has 3 rings (SSSR count). The molecule has 4 nitrogen and oxygen atoms in total. The van der Waals surface area contributed by atoms with Crippen molar-refractivity contribution >= 4 is 28.4 Å². The molecule has 1 N–H and O–H groups in total. The van der Waals surface area contributed by atoms with Gasteiger partial charge >= 0.3 is 0 Å². The van der Waals surface area contributed by atoms with E-state index in [0.29, 0.717) is 11.3 Å². The molecular weight excluding hydrogens is 264 g/mol. The number of fused-ring (bicyclic) bond motifs is 1. The van der Waals surface area contributed by atoms with Crippen LogP contribution >= 0.6 is 0 Å². The third kappa shape index (κ3) is 2.43. The van der Waals surface area contributed by atoms with Crippen molar-refractivity contribution in [3.05, 3.63) is 66.4 Å². The number of carbonyl (C=O) groups is 2. The summed E-state index contributed by atoms with van der Waals surface area (Å²) in [4.78, 5) is 23.8. The van der Waals surface area contributed by atoms with Crippen LogP contribution in [0.25, 0.3) is 10.9 Å². The van der Waals surface area contributed by atoms with Crippen LogP contribution in [-0.4, -0.2) is 16.4 Å². The highest BCUT2D eigenvalue weighted by atomic mass is 16.2. The molecule has 104 valence electrons. The Hall–Kier alpha value is -2.88. The van der Waals surface area contributed by atoms with Gasteiger partial charge in [-0.05, 0) is 30.3 Å². The first kappa shape index (κ1) is 13.1. The fourth-order valence-corrected chi connectivity index (χ4v) is 2.34. The van der Waals surface area contributed by atoms with Gasteiger partial charge in [0.05, 0.1) is 11.2 Å². The minimum absolute atomic E-state index is 0.0588. The van der Waals surface area contributed by atoms with Gasteiger partial charge in [-0.15, -0.1) is 0 Å². The van der Waals surface area contributed by atoms with E-state index in [1.54, 1.807) is 22.9 Å². The molecule has 0 aliphatic rings. The Morgan fingerprint density at radius 1 is 0.952 bits per heavy atom. The van der Waals surface area contributed by atoms with E-state index >= 15 is 0 Å². The SMILES string of the molecule is CC(=O)n1ccc2c(NC(=O)c3ccccc3)cccc21. The van der Waals surface area contributed by atoms with Crippen LogP contribution in [0.1, 0.15) is 22.1 Å². The summed E-state index contributed by atoms with van der Waals surface area (Å²) in [6, 6.07) is 16.4. The number of hydrogen-bond acceptors (Lipinski definition) is 2. The predicted molar refractivity (Wildman–Crippen MR) is 82.6 cm³/mol. The smallest absolute Gasteiger partial charge is 0.255 e. The third-order valence-corrected chi connectivity index (χ3v) is 3.36. The Kier molecular flexibility index (Phi) is 3.28. The first-order valence-electron chi connectivity index (χ1n) is 6.64. The summed E-state index contributed by atoms with van der Waals surface area (Å²) in [7, 11) is 0. The number of anilines is 1. The number of amides is 1. The van der Waals surface area contributed by atoms with Gasteiger partial charge in [-0.2, -0.15) is 0 Å². The molecule has 1 aromatic heterocycles. The first-order chi connectivity index (χ1) is 10.2. The molecule has 0 atom stereocenters. The maximum Gasteiger partial charge on any atom is 0.255 e. The fraction of sp³-hybridized carbons (Fsp3) is 0.0588. The minimum atomic E-state index is -0.168. The quantitative estimate of drug-likeness (QED) is 0.779. The lowest BCUT2D eigenvalue weighted by molar-refractivity contribution is 0.0941. The van der Waals surface area contributed by atoms with E-state index in [1.165, 1.54) is 6.92 Å². The predicted octanol–water partition coefficient (Wildman–Crippen LogP) is 3.55. The van der Waals surface area contributed by atoms with Crippen molar-refractivity contribution in [1.82, 2.24) is 4.57 Å². The van der Waals surface area contributed by atoms with Crippen LogP contribution in [0.2, 0.25) is 0 Å².